The van der Waals surface area contributed by atoms with Crippen LogP contribution < -0.4 is 0 Å². The van der Waals surface area contributed by atoms with E-state index < -0.39 is 23.8 Å². The van der Waals surface area contributed by atoms with Crippen LogP contribution in [0.2, 0.25) is 0 Å². The summed E-state index contributed by atoms with van der Waals surface area (Å²) in [7, 11) is 0. The highest BCUT2D eigenvalue weighted by Gasteiger charge is 2.41. The average Bonchev–Trinajstić information content (AvgIpc) is 3.27. The number of alkyl halides is 3. The van der Waals surface area contributed by atoms with Crippen LogP contribution in [0.1, 0.15) is 53.7 Å². The van der Waals surface area contributed by atoms with E-state index in [9.17, 15) is 22.8 Å². The molecule has 0 spiro atoms. The smallest absolute Gasteiger partial charge is 0.416 e. The van der Waals surface area contributed by atoms with Crippen LogP contribution in [-0.4, -0.2) is 29.9 Å². The molecule has 1 fully saturated rings. The van der Waals surface area contributed by atoms with E-state index in [1.54, 1.807) is 4.90 Å². The van der Waals surface area contributed by atoms with Crippen molar-refractivity contribution in [1.82, 2.24) is 4.90 Å². The van der Waals surface area contributed by atoms with E-state index in [2.05, 4.69) is 0 Å². The minimum Gasteiger partial charge on any atom is -0.466 e. The van der Waals surface area contributed by atoms with Crippen LogP contribution >= 0.6 is 0 Å². The Labute approximate surface area is 137 Å². The third-order valence-corrected chi connectivity index (χ3v) is 4.45. The van der Waals surface area contributed by atoms with Gasteiger partial charge in [-0.3, -0.25) is 9.59 Å². The summed E-state index contributed by atoms with van der Waals surface area (Å²) in [4.78, 5) is 25.1. The van der Waals surface area contributed by atoms with Crippen molar-refractivity contribution < 1.29 is 27.5 Å². The fraction of sp³-hybridized carbons (Fsp3) is 0.529. The van der Waals surface area contributed by atoms with Gasteiger partial charge in [-0.25, -0.2) is 0 Å². The maximum Gasteiger partial charge on any atom is 0.416 e. The molecule has 0 aromatic heterocycles. The fourth-order valence-electron chi connectivity index (χ4n) is 3.09. The van der Waals surface area contributed by atoms with E-state index in [1.807, 2.05) is 0 Å². The summed E-state index contributed by atoms with van der Waals surface area (Å²) in [5, 5.41) is 0. The minimum absolute atomic E-state index is 0.0735. The van der Waals surface area contributed by atoms with Crippen LogP contribution in [-0.2, 0) is 15.7 Å². The van der Waals surface area contributed by atoms with Crippen molar-refractivity contribution in [3.63, 3.8) is 0 Å². The lowest BCUT2D eigenvalue weighted by Crippen LogP contribution is -2.31. The van der Waals surface area contributed by atoms with Crippen LogP contribution in [0.3, 0.4) is 0 Å². The molecule has 1 saturated carbocycles. The molecule has 2 aliphatic rings. The highest BCUT2D eigenvalue weighted by molar-refractivity contribution is 5.99. The zero-order valence-electron chi connectivity index (χ0n) is 13.2. The Morgan fingerprint density at radius 3 is 2.62 bits per heavy atom. The van der Waals surface area contributed by atoms with Crippen molar-refractivity contribution in [3.05, 3.63) is 34.9 Å². The van der Waals surface area contributed by atoms with Crippen LogP contribution in [0.25, 0.3) is 0 Å². The highest BCUT2D eigenvalue weighted by atomic mass is 19.4. The number of carbonyl (C=O) groups excluding carboxylic acids is 2. The molecule has 0 bridgehead atoms. The molecule has 4 nitrogen and oxygen atoms in total. The zero-order chi connectivity index (χ0) is 17.5. The molecule has 24 heavy (non-hydrogen) atoms. The van der Waals surface area contributed by atoms with E-state index in [4.69, 9.17) is 4.74 Å². The van der Waals surface area contributed by atoms with Crippen molar-refractivity contribution in [2.24, 2.45) is 5.92 Å². The third kappa shape index (κ3) is 3.39. The van der Waals surface area contributed by atoms with Gasteiger partial charge >= 0.3 is 12.1 Å². The van der Waals surface area contributed by atoms with Gasteiger partial charge in [0, 0.05) is 25.5 Å². The number of ether oxygens (including phenoxy) is 1. The summed E-state index contributed by atoms with van der Waals surface area (Å²) in [5.74, 6) is -0.266. The number of hydrogen-bond donors (Lipinski definition) is 0. The first-order chi connectivity index (χ1) is 11.3. The van der Waals surface area contributed by atoms with Gasteiger partial charge in [0.25, 0.3) is 5.91 Å². The van der Waals surface area contributed by atoms with Gasteiger partial charge in [-0.1, -0.05) is 0 Å². The van der Waals surface area contributed by atoms with Gasteiger partial charge in [-0.2, -0.15) is 13.2 Å². The Morgan fingerprint density at radius 1 is 1.33 bits per heavy atom. The minimum atomic E-state index is -4.46. The van der Waals surface area contributed by atoms with Gasteiger partial charge in [0.05, 0.1) is 18.2 Å². The Morgan fingerprint density at radius 2 is 2.04 bits per heavy atom. The SMILES string of the molecule is CC(=O)OCCC1c2cc(C(F)(F)F)ccc2C(=O)N1CC1CC1. The van der Waals surface area contributed by atoms with Gasteiger partial charge in [0.15, 0.2) is 0 Å². The lowest BCUT2D eigenvalue weighted by molar-refractivity contribution is -0.141. The Bertz CT molecular complexity index is 668. The molecule has 1 amide bonds. The molecule has 3 rings (SSSR count). The molecule has 0 saturated heterocycles. The van der Waals surface area contributed by atoms with E-state index in [1.165, 1.54) is 13.0 Å². The summed E-state index contributed by atoms with van der Waals surface area (Å²) >= 11 is 0. The molecule has 0 N–H and O–H groups in total. The second-order valence-electron chi connectivity index (χ2n) is 6.35. The van der Waals surface area contributed by atoms with Gasteiger partial charge in [-0.05, 0) is 42.5 Å². The first-order valence-electron chi connectivity index (χ1n) is 7.93. The summed E-state index contributed by atoms with van der Waals surface area (Å²) in [6.45, 7) is 1.89. The lowest BCUT2D eigenvalue weighted by atomic mass is 9.99. The first-order valence-corrected chi connectivity index (χ1v) is 7.93. The normalized spacial score (nSPS) is 20.2. The summed E-state index contributed by atoms with van der Waals surface area (Å²) in [6, 6.07) is 2.78. The van der Waals surface area contributed by atoms with E-state index >= 15 is 0 Å². The van der Waals surface area contributed by atoms with Crippen molar-refractivity contribution in [1.29, 1.82) is 0 Å². The number of amides is 1. The summed E-state index contributed by atoms with van der Waals surface area (Å²) in [6.07, 6.45) is -2.09. The van der Waals surface area contributed by atoms with Crippen LogP contribution in [0.4, 0.5) is 13.2 Å². The molecule has 1 aliphatic carbocycles. The van der Waals surface area contributed by atoms with Gasteiger partial charge < -0.3 is 9.64 Å². The zero-order valence-corrected chi connectivity index (χ0v) is 13.2. The lowest BCUT2D eigenvalue weighted by Gasteiger charge is -2.25. The molecule has 1 unspecified atom stereocenters. The van der Waals surface area contributed by atoms with E-state index in [0.29, 0.717) is 30.0 Å². The van der Waals surface area contributed by atoms with Crippen molar-refractivity contribution in [3.8, 4) is 0 Å². The Kier molecular flexibility index (Phi) is 4.27. The van der Waals surface area contributed by atoms with Crippen LogP contribution in [0.15, 0.2) is 18.2 Å². The molecule has 1 aromatic rings. The van der Waals surface area contributed by atoms with Crippen molar-refractivity contribution >= 4 is 11.9 Å². The predicted molar refractivity (Wildman–Crippen MR) is 79.2 cm³/mol. The number of halogens is 3. The molecule has 7 heteroatoms. The molecule has 0 radical (unpaired) electrons. The quantitative estimate of drug-likeness (QED) is 0.769. The number of hydrogen-bond acceptors (Lipinski definition) is 3. The number of benzene rings is 1. The monoisotopic (exact) mass is 341 g/mol. The number of esters is 1. The van der Waals surface area contributed by atoms with Crippen LogP contribution in [0, 0.1) is 5.92 Å². The Balaban J connectivity index is 1.89. The molecular weight excluding hydrogens is 323 g/mol. The highest BCUT2D eigenvalue weighted by Crippen LogP contribution is 2.42. The second kappa shape index (κ2) is 6.11. The van der Waals surface area contributed by atoms with Crippen LogP contribution in [0.5, 0.6) is 0 Å². The molecule has 1 aliphatic heterocycles. The van der Waals surface area contributed by atoms with E-state index in [-0.39, 0.29) is 12.5 Å². The second-order valence-corrected chi connectivity index (χ2v) is 6.35. The van der Waals surface area contributed by atoms with Gasteiger partial charge in [-0.15, -0.1) is 0 Å². The first kappa shape index (κ1) is 16.8. The topological polar surface area (TPSA) is 46.6 Å². The number of carbonyl (C=O) groups is 2. The van der Waals surface area contributed by atoms with Gasteiger partial charge in [0.1, 0.15) is 0 Å². The maximum atomic E-state index is 13.0. The molecule has 130 valence electrons. The Hall–Kier alpha value is -2.05. The molecular formula is C17H18F3NO3. The maximum absolute atomic E-state index is 13.0. The van der Waals surface area contributed by atoms with Crippen molar-refractivity contribution in [2.75, 3.05) is 13.2 Å². The average molecular weight is 341 g/mol. The molecule has 1 atom stereocenters. The largest absolute Gasteiger partial charge is 0.466 e. The predicted octanol–water partition coefficient (Wildman–Crippen LogP) is 3.57. The van der Waals surface area contributed by atoms with Crippen molar-refractivity contribution in [2.45, 2.75) is 38.4 Å². The number of fused-ring (bicyclic) bond motifs is 1. The molecule has 1 heterocycles. The number of rotatable bonds is 5. The van der Waals surface area contributed by atoms with E-state index in [0.717, 1.165) is 25.0 Å². The standard InChI is InChI=1S/C17H18F3NO3/c1-10(22)24-7-6-15-14-8-12(17(18,19)20)4-5-13(14)16(23)21(15)9-11-2-3-11/h4-5,8,11,15H,2-3,6-7,9H2,1H3. The third-order valence-electron chi connectivity index (χ3n) is 4.45. The van der Waals surface area contributed by atoms with Gasteiger partial charge in [0.2, 0.25) is 0 Å². The number of nitrogens with zero attached hydrogens (tertiary/aromatic N) is 1. The summed E-state index contributed by atoms with van der Waals surface area (Å²) < 4.78 is 43.9. The fourth-order valence-corrected chi connectivity index (χ4v) is 3.09. The summed E-state index contributed by atoms with van der Waals surface area (Å²) in [5.41, 5.74) is -0.0705. The molecule has 1 aromatic carbocycles.